The van der Waals surface area contributed by atoms with Gasteiger partial charge in [0.25, 0.3) is 0 Å². The maximum absolute atomic E-state index is 12.2. The van der Waals surface area contributed by atoms with E-state index < -0.39 is 0 Å². The molecule has 2 fully saturated rings. The van der Waals surface area contributed by atoms with Crippen molar-refractivity contribution in [1.29, 1.82) is 0 Å². The van der Waals surface area contributed by atoms with Crippen LogP contribution in [-0.4, -0.2) is 47.6 Å². The summed E-state index contributed by atoms with van der Waals surface area (Å²) in [7, 11) is 0. The molecule has 5 nitrogen and oxygen atoms in total. The molecule has 0 aromatic heterocycles. The zero-order valence-electron chi connectivity index (χ0n) is 14.7. The van der Waals surface area contributed by atoms with Crippen molar-refractivity contribution < 1.29 is 14.7 Å². The first-order valence-electron chi connectivity index (χ1n) is 9.39. The lowest BCUT2D eigenvalue weighted by atomic mass is 9.87. The van der Waals surface area contributed by atoms with Gasteiger partial charge in [-0.05, 0) is 37.7 Å². The Morgan fingerprint density at radius 2 is 1.88 bits per heavy atom. The van der Waals surface area contributed by atoms with Crippen LogP contribution in [-0.2, 0) is 16.0 Å². The van der Waals surface area contributed by atoms with Gasteiger partial charge in [-0.25, -0.2) is 0 Å². The Labute approximate surface area is 149 Å². The summed E-state index contributed by atoms with van der Waals surface area (Å²) in [4.78, 5) is 26.3. The summed E-state index contributed by atoms with van der Waals surface area (Å²) < 4.78 is 0. The first-order chi connectivity index (χ1) is 12.1. The summed E-state index contributed by atoms with van der Waals surface area (Å²) in [5.74, 6) is 0.508. The standard InChI is InChI=1S/C20H28N2O3/c23-18-8-6-17(7-9-18)20(25)21-13-16-12-19(24)22(14-16)11-10-15-4-2-1-3-5-15/h1-5,16-18,23H,6-14H2,(H,21,25)/t16-,17?,18?/m1/s1. The molecule has 0 unspecified atom stereocenters. The van der Waals surface area contributed by atoms with Crippen molar-refractivity contribution in [2.45, 2.75) is 44.6 Å². The van der Waals surface area contributed by atoms with Crippen LogP contribution >= 0.6 is 0 Å². The Kier molecular flexibility index (Phi) is 6.08. The molecule has 1 aromatic rings. The summed E-state index contributed by atoms with van der Waals surface area (Å²) in [6, 6.07) is 10.2. The number of aliphatic hydroxyl groups excluding tert-OH is 1. The lowest BCUT2D eigenvalue weighted by Gasteiger charge is -2.25. The quantitative estimate of drug-likeness (QED) is 0.826. The third kappa shape index (κ3) is 5.05. The van der Waals surface area contributed by atoms with E-state index >= 15 is 0 Å². The molecule has 1 heterocycles. The zero-order valence-corrected chi connectivity index (χ0v) is 14.7. The number of nitrogens with zero attached hydrogens (tertiary/aromatic N) is 1. The monoisotopic (exact) mass is 344 g/mol. The van der Waals surface area contributed by atoms with E-state index in [1.807, 2.05) is 23.1 Å². The molecule has 2 aliphatic rings. The lowest BCUT2D eigenvalue weighted by molar-refractivity contribution is -0.128. The second-order valence-electron chi connectivity index (χ2n) is 7.40. The first-order valence-corrected chi connectivity index (χ1v) is 9.39. The number of carbonyl (C=O) groups excluding carboxylic acids is 2. The van der Waals surface area contributed by atoms with Crippen molar-refractivity contribution in [2.75, 3.05) is 19.6 Å². The maximum Gasteiger partial charge on any atom is 0.223 e. The predicted octanol–water partition coefficient (Wildman–Crippen LogP) is 1.74. The number of hydrogen-bond donors (Lipinski definition) is 2. The maximum atomic E-state index is 12.2. The van der Waals surface area contributed by atoms with E-state index in [0.717, 1.165) is 32.4 Å². The molecule has 1 aliphatic carbocycles. The van der Waals surface area contributed by atoms with Gasteiger partial charge in [-0.15, -0.1) is 0 Å². The van der Waals surface area contributed by atoms with E-state index in [4.69, 9.17) is 0 Å². The second kappa shape index (κ2) is 8.48. The molecule has 0 bridgehead atoms. The minimum Gasteiger partial charge on any atom is -0.393 e. The van der Waals surface area contributed by atoms with Gasteiger partial charge in [-0.3, -0.25) is 9.59 Å². The van der Waals surface area contributed by atoms with Crippen LogP contribution in [0.15, 0.2) is 30.3 Å². The fourth-order valence-electron chi connectivity index (χ4n) is 3.84. The van der Waals surface area contributed by atoms with E-state index in [1.54, 1.807) is 0 Å². The van der Waals surface area contributed by atoms with Crippen molar-refractivity contribution in [2.24, 2.45) is 11.8 Å². The number of hydrogen-bond acceptors (Lipinski definition) is 3. The minimum atomic E-state index is -0.241. The van der Waals surface area contributed by atoms with Crippen LogP contribution in [0, 0.1) is 11.8 Å². The minimum absolute atomic E-state index is 0.0229. The van der Waals surface area contributed by atoms with Gasteiger partial charge in [0.2, 0.25) is 11.8 Å². The summed E-state index contributed by atoms with van der Waals surface area (Å²) in [5.41, 5.74) is 1.24. The van der Waals surface area contributed by atoms with E-state index in [0.29, 0.717) is 25.8 Å². The Hall–Kier alpha value is -1.88. The molecule has 1 aromatic carbocycles. The van der Waals surface area contributed by atoms with Crippen molar-refractivity contribution >= 4 is 11.8 Å². The third-order valence-corrected chi connectivity index (χ3v) is 5.44. The highest BCUT2D eigenvalue weighted by molar-refractivity contribution is 5.80. The molecule has 2 amide bonds. The average molecular weight is 344 g/mol. The smallest absolute Gasteiger partial charge is 0.223 e. The van der Waals surface area contributed by atoms with Crippen LogP contribution in [0.1, 0.15) is 37.7 Å². The Bertz CT molecular complexity index is 582. The van der Waals surface area contributed by atoms with Gasteiger partial charge in [0, 0.05) is 37.9 Å². The average Bonchev–Trinajstić information content (AvgIpc) is 2.99. The number of amides is 2. The van der Waals surface area contributed by atoms with E-state index in [1.165, 1.54) is 5.56 Å². The highest BCUT2D eigenvalue weighted by Crippen LogP contribution is 2.24. The van der Waals surface area contributed by atoms with Gasteiger partial charge in [0.05, 0.1) is 6.10 Å². The zero-order chi connectivity index (χ0) is 17.6. The molecule has 136 valence electrons. The Balaban J connectivity index is 1.39. The highest BCUT2D eigenvalue weighted by Gasteiger charge is 2.30. The van der Waals surface area contributed by atoms with Gasteiger partial charge in [0.15, 0.2) is 0 Å². The van der Waals surface area contributed by atoms with E-state index in [2.05, 4.69) is 17.4 Å². The van der Waals surface area contributed by atoms with Crippen molar-refractivity contribution in [1.82, 2.24) is 10.2 Å². The fourth-order valence-corrected chi connectivity index (χ4v) is 3.84. The number of carbonyl (C=O) groups is 2. The van der Waals surface area contributed by atoms with Gasteiger partial charge in [-0.2, -0.15) is 0 Å². The molecule has 1 saturated heterocycles. The molecule has 3 rings (SSSR count). The van der Waals surface area contributed by atoms with Gasteiger partial charge < -0.3 is 15.3 Å². The summed E-state index contributed by atoms with van der Waals surface area (Å²) in [5, 5.41) is 12.6. The number of nitrogens with one attached hydrogen (secondary N) is 1. The van der Waals surface area contributed by atoms with Crippen LogP contribution in [0.5, 0.6) is 0 Å². The molecule has 0 spiro atoms. The number of aliphatic hydroxyl groups is 1. The predicted molar refractivity (Wildman–Crippen MR) is 95.8 cm³/mol. The van der Waals surface area contributed by atoms with E-state index in [9.17, 15) is 14.7 Å². The Morgan fingerprint density at radius 1 is 1.16 bits per heavy atom. The van der Waals surface area contributed by atoms with Crippen molar-refractivity contribution in [3.05, 3.63) is 35.9 Å². The third-order valence-electron chi connectivity index (χ3n) is 5.44. The van der Waals surface area contributed by atoms with Crippen LogP contribution in [0.2, 0.25) is 0 Å². The molecule has 1 aliphatic heterocycles. The summed E-state index contributed by atoms with van der Waals surface area (Å²) in [6.45, 7) is 2.05. The highest BCUT2D eigenvalue weighted by atomic mass is 16.3. The first kappa shape index (κ1) is 17.9. The SMILES string of the molecule is O=C(NC[C@H]1CC(=O)N(CCc2ccccc2)C1)C1CCC(O)CC1. The summed E-state index contributed by atoms with van der Waals surface area (Å²) >= 11 is 0. The number of rotatable bonds is 6. The Morgan fingerprint density at radius 3 is 2.60 bits per heavy atom. The molecular formula is C20H28N2O3. The van der Waals surface area contributed by atoms with Gasteiger partial charge >= 0.3 is 0 Å². The largest absolute Gasteiger partial charge is 0.393 e. The molecule has 2 N–H and O–H groups in total. The molecular weight excluding hydrogens is 316 g/mol. The van der Waals surface area contributed by atoms with Gasteiger partial charge in [-0.1, -0.05) is 30.3 Å². The molecule has 5 heteroatoms. The lowest BCUT2D eigenvalue weighted by Crippen LogP contribution is -2.37. The van der Waals surface area contributed by atoms with E-state index in [-0.39, 0.29) is 29.8 Å². The fraction of sp³-hybridized carbons (Fsp3) is 0.600. The van der Waals surface area contributed by atoms with Crippen LogP contribution in [0.25, 0.3) is 0 Å². The molecule has 1 saturated carbocycles. The molecule has 1 atom stereocenters. The number of benzene rings is 1. The molecule has 25 heavy (non-hydrogen) atoms. The normalized spacial score (nSPS) is 26.7. The molecule has 0 radical (unpaired) electrons. The van der Waals surface area contributed by atoms with Crippen molar-refractivity contribution in [3.8, 4) is 0 Å². The van der Waals surface area contributed by atoms with Crippen LogP contribution in [0.3, 0.4) is 0 Å². The van der Waals surface area contributed by atoms with Crippen molar-refractivity contribution in [3.63, 3.8) is 0 Å². The van der Waals surface area contributed by atoms with Gasteiger partial charge in [0.1, 0.15) is 0 Å². The summed E-state index contributed by atoms with van der Waals surface area (Å²) in [6.07, 6.45) is 4.11. The number of likely N-dealkylation sites (tertiary alicyclic amines) is 1. The van der Waals surface area contributed by atoms with Crippen LogP contribution in [0.4, 0.5) is 0 Å². The second-order valence-corrected chi connectivity index (χ2v) is 7.40. The van der Waals surface area contributed by atoms with Crippen LogP contribution < -0.4 is 5.32 Å². The topological polar surface area (TPSA) is 69.6 Å².